The standard InChI is InChI=1S/C21H22O4/c1-4-15(20(22)23)13-17-7-6-8-18(19(17)21(24)25-5-2)16-11-9-14(3)10-12-16/h6-13H,4-5H2,1-3H3,(H,22,23). The molecular weight excluding hydrogens is 316 g/mol. The average Bonchev–Trinajstić information content (AvgIpc) is 2.60. The van der Waals surface area contributed by atoms with E-state index in [0.717, 1.165) is 16.7 Å². The molecular formula is C21H22O4. The molecule has 0 aliphatic rings. The van der Waals surface area contributed by atoms with Crippen LogP contribution in [0.2, 0.25) is 0 Å². The number of benzene rings is 2. The fourth-order valence-corrected chi connectivity index (χ4v) is 2.60. The molecule has 0 aliphatic carbocycles. The van der Waals surface area contributed by atoms with Gasteiger partial charge in [-0.2, -0.15) is 0 Å². The van der Waals surface area contributed by atoms with E-state index in [1.54, 1.807) is 26.0 Å². The first-order chi connectivity index (χ1) is 12.0. The van der Waals surface area contributed by atoms with Crippen molar-refractivity contribution < 1.29 is 19.4 Å². The first kappa shape index (κ1) is 18.5. The van der Waals surface area contributed by atoms with Crippen molar-refractivity contribution in [1.82, 2.24) is 0 Å². The molecule has 4 heteroatoms. The minimum absolute atomic E-state index is 0.242. The minimum atomic E-state index is -0.988. The zero-order chi connectivity index (χ0) is 18.4. The molecule has 0 fully saturated rings. The van der Waals surface area contributed by atoms with Crippen LogP contribution in [0, 0.1) is 6.92 Å². The molecule has 0 aromatic heterocycles. The average molecular weight is 338 g/mol. The molecule has 130 valence electrons. The Morgan fingerprint density at radius 3 is 2.32 bits per heavy atom. The maximum absolute atomic E-state index is 12.6. The molecule has 0 amide bonds. The third-order valence-corrected chi connectivity index (χ3v) is 3.92. The third kappa shape index (κ3) is 4.35. The molecule has 0 atom stereocenters. The summed E-state index contributed by atoms with van der Waals surface area (Å²) in [5, 5.41) is 9.30. The molecule has 2 rings (SSSR count). The van der Waals surface area contributed by atoms with Gasteiger partial charge in [-0.25, -0.2) is 9.59 Å². The van der Waals surface area contributed by atoms with Crippen LogP contribution in [0.3, 0.4) is 0 Å². The highest BCUT2D eigenvalue weighted by Gasteiger charge is 2.18. The molecule has 25 heavy (non-hydrogen) atoms. The van der Waals surface area contributed by atoms with Gasteiger partial charge in [-0.1, -0.05) is 55.0 Å². The number of carbonyl (C=O) groups is 2. The summed E-state index contributed by atoms with van der Waals surface area (Å²) in [6.07, 6.45) is 1.92. The van der Waals surface area contributed by atoms with Gasteiger partial charge in [0.15, 0.2) is 0 Å². The summed E-state index contributed by atoms with van der Waals surface area (Å²) in [7, 11) is 0. The van der Waals surface area contributed by atoms with Crippen LogP contribution in [-0.2, 0) is 9.53 Å². The van der Waals surface area contributed by atoms with Crippen molar-refractivity contribution in [2.75, 3.05) is 6.61 Å². The number of rotatable bonds is 6. The van der Waals surface area contributed by atoms with Crippen molar-refractivity contribution >= 4 is 18.0 Å². The predicted octanol–water partition coefficient (Wildman–Crippen LogP) is 4.72. The van der Waals surface area contributed by atoms with E-state index in [1.807, 2.05) is 43.3 Å². The third-order valence-electron chi connectivity index (χ3n) is 3.92. The number of ether oxygens (including phenoxy) is 1. The zero-order valence-electron chi connectivity index (χ0n) is 14.7. The fraction of sp³-hybridized carbons (Fsp3) is 0.238. The van der Waals surface area contributed by atoms with Crippen molar-refractivity contribution in [3.8, 4) is 11.1 Å². The van der Waals surface area contributed by atoms with Gasteiger partial charge in [-0.3, -0.25) is 0 Å². The van der Waals surface area contributed by atoms with Crippen LogP contribution in [0.5, 0.6) is 0 Å². The quantitative estimate of drug-likeness (QED) is 0.611. The van der Waals surface area contributed by atoms with E-state index in [9.17, 15) is 14.7 Å². The maximum atomic E-state index is 12.6. The lowest BCUT2D eigenvalue weighted by Gasteiger charge is -2.13. The van der Waals surface area contributed by atoms with Gasteiger partial charge in [-0.15, -0.1) is 0 Å². The Morgan fingerprint density at radius 1 is 1.08 bits per heavy atom. The van der Waals surface area contributed by atoms with Crippen LogP contribution < -0.4 is 0 Å². The number of carbonyl (C=O) groups excluding carboxylic acids is 1. The van der Waals surface area contributed by atoms with E-state index in [2.05, 4.69) is 0 Å². The largest absolute Gasteiger partial charge is 0.478 e. The van der Waals surface area contributed by atoms with Crippen LogP contribution >= 0.6 is 0 Å². The van der Waals surface area contributed by atoms with Gasteiger partial charge in [0.05, 0.1) is 12.2 Å². The van der Waals surface area contributed by atoms with Crippen molar-refractivity contribution in [3.63, 3.8) is 0 Å². The van der Waals surface area contributed by atoms with Crippen LogP contribution in [0.4, 0.5) is 0 Å². The van der Waals surface area contributed by atoms with Gasteiger partial charge in [0, 0.05) is 5.57 Å². The highest BCUT2D eigenvalue weighted by Crippen LogP contribution is 2.29. The molecule has 4 nitrogen and oxygen atoms in total. The lowest BCUT2D eigenvalue weighted by Crippen LogP contribution is -2.09. The first-order valence-corrected chi connectivity index (χ1v) is 8.29. The number of carboxylic acid groups (broad SMARTS) is 1. The van der Waals surface area contributed by atoms with Crippen molar-refractivity contribution in [3.05, 3.63) is 64.7 Å². The number of aliphatic carboxylic acids is 1. The maximum Gasteiger partial charge on any atom is 0.339 e. The topological polar surface area (TPSA) is 63.6 Å². The first-order valence-electron chi connectivity index (χ1n) is 8.29. The summed E-state index contributed by atoms with van der Waals surface area (Å²) in [6, 6.07) is 13.2. The number of esters is 1. The van der Waals surface area contributed by atoms with E-state index in [1.165, 1.54) is 0 Å². The zero-order valence-corrected chi connectivity index (χ0v) is 14.7. The smallest absolute Gasteiger partial charge is 0.339 e. The molecule has 0 spiro atoms. The van der Waals surface area contributed by atoms with Crippen molar-refractivity contribution in [2.45, 2.75) is 27.2 Å². The monoisotopic (exact) mass is 338 g/mol. The van der Waals surface area contributed by atoms with Gasteiger partial charge in [-0.05, 0) is 43.0 Å². The molecule has 0 aliphatic heterocycles. The van der Waals surface area contributed by atoms with E-state index >= 15 is 0 Å². The van der Waals surface area contributed by atoms with Crippen molar-refractivity contribution in [1.29, 1.82) is 0 Å². The second-order valence-electron chi connectivity index (χ2n) is 5.68. The van der Waals surface area contributed by atoms with Gasteiger partial charge >= 0.3 is 11.9 Å². The number of hydrogen-bond acceptors (Lipinski definition) is 3. The molecule has 0 bridgehead atoms. The Bertz CT molecular complexity index is 801. The second-order valence-corrected chi connectivity index (χ2v) is 5.68. The lowest BCUT2D eigenvalue weighted by atomic mass is 9.93. The Kier molecular flexibility index (Phi) is 6.12. The van der Waals surface area contributed by atoms with Gasteiger partial charge < -0.3 is 9.84 Å². The molecule has 2 aromatic carbocycles. The number of hydrogen-bond donors (Lipinski definition) is 1. The highest BCUT2D eigenvalue weighted by molar-refractivity contribution is 6.03. The lowest BCUT2D eigenvalue weighted by molar-refractivity contribution is -0.132. The fourth-order valence-electron chi connectivity index (χ4n) is 2.60. The summed E-state index contributed by atoms with van der Waals surface area (Å²) >= 11 is 0. The summed E-state index contributed by atoms with van der Waals surface area (Å²) in [5.41, 5.74) is 3.92. The van der Waals surface area contributed by atoms with E-state index < -0.39 is 11.9 Å². The number of aryl methyl sites for hydroxylation is 1. The molecule has 0 heterocycles. The van der Waals surface area contributed by atoms with Crippen LogP contribution in [-0.4, -0.2) is 23.7 Å². The summed E-state index contributed by atoms with van der Waals surface area (Å²) in [4.78, 5) is 23.9. The van der Waals surface area contributed by atoms with Crippen molar-refractivity contribution in [2.24, 2.45) is 0 Å². The summed E-state index contributed by atoms with van der Waals surface area (Å²) < 4.78 is 5.21. The molecule has 0 saturated carbocycles. The van der Waals surface area contributed by atoms with E-state index in [-0.39, 0.29) is 12.2 Å². The van der Waals surface area contributed by atoms with Crippen LogP contribution in [0.25, 0.3) is 17.2 Å². The normalized spacial score (nSPS) is 11.2. The Balaban J connectivity index is 2.68. The summed E-state index contributed by atoms with van der Waals surface area (Å²) in [5.74, 6) is -1.44. The number of carboxylic acids is 1. The second kappa shape index (κ2) is 8.29. The van der Waals surface area contributed by atoms with Gasteiger partial charge in [0.25, 0.3) is 0 Å². The molecule has 1 N–H and O–H groups in total. The Labute approximate surface area is 147 Å². The van der Waals surface area contributed by atoms with Gasteiger partial charge in [0.1, 0.15) is 0 Å². The van der Waals surface area contributed by atoms with Crippen LogP contribution in [0.15, 0.2) is 48.0 Å². The molecule has 0 unspecified atom stereocenters. The Hall–Kier alpha value is -2.88. The summed E-state index contributed by atoms with van der Waals surface area (Å²) in [6.45, 7) is 5.77. The minimum Gasteiger partial charge on any atom is -0.478 e. The predicted molar refractivity (Wildman–Crippen MR) is 98.5 cm³/mol. The Morgan fingerprint density at radius 2 is 1.76 bits per heavy atom. The SMILES string of the molecule is CCOC(=O)c1c(C=C(CC)C(=O)O)cccc1-c1ccc(C)cc1. The molecule has 0 radical (unpaired) electrons. The van der Waals surface area contributed by atoms with Crippen LogP contribution in [0.1, 0.15) is 41.8 Å². The molecule has 2 aromatic rings. The van der Waals surface area contributed by atoms with Gasteiger partial charge in [0.2, 0.25) is 0 Å². The van der Waals surface area contributed by atoms with E-state index in [0.29, 0.717) is 17.5 Å². The molecule has 0 saturated heterocycles. The van der Waals surface area contributed by atoms with E-state index in [4.69, 9.17) is 4.74 Å². The highest BCUT2D eigenvalue weighted by atomic mass is 16.5.